The highest BCUT2D eigenvalue weighted by atomic mass is 28.4. The first-order chi connectivity index (χ1) is 4.67. The molecule has 0 radical (unpaired) electrons. The van der Waals surface area contributed by atoms with Crippen LogP contribution in [0.25, 0.3) is 0 Å². The first-order valence-electron chi connectivity index (χ1n) is 3.59. The Labute approximate surface area is 63.5 Å². The van der Waals surface area contributed by atoms with Gasteiger partial charge < -0.3 is 4.43 Å². The summed E-state index contributed by atoms with van der Waals surface area (Å²) in [5.41, 5.74) is 0. The van der Waals surface area contributed by atoms with Gasteiger partial charge in [0.15, 0.2) is 0 Å². The number of hydrogen-bond acceptors (Lipinski definition) is 1. The topological polar surface area (TPSA) is 9.23 Å². The van der Waals surface area contributed by atoms with E-state index in [-0.39, 0.29) is 0 Å². The van der Waals surface area contributed by atoms with Crippen molar-refractivity contribution in [1.82, 2.24) is 0 Å². The molecule has 0 aromatic carbocycles. The Balaban J connectivity index is 2.72. The van der Waals surface area contributed by atoms with Crippen LogP contribution in [0.1, 0.15) is 6.42 Å². The maximum Gasteiger partial charge on any atom is 0.217 e. The average molecular weight is 154 g/mol. The average Bonchev–Trinajstić information content (AvgIpc) is 2.38. The third-order valence-electron chi connectivity index (χ3n) is 1.98. The Morgan fingerprint density at radius 2 is 2.20 bits per heavy atom. The van der Waals surface area contributed by atoms with Gasteiger partial charge in [0, 0.05) is 7.11 Å². The van der Waals surface area contributed by atoms with Crippen molar-refractivity contribution in [2.45, 2.75) is 19.5 Å². The van der Waals surface area contributed by atoms with Gasteiger partial charge in [-0.2, -0.15) is 0 Å². The van der Waals surface area contributed by atoms with E-state index < -0.39 is 8.32 Å². The fraction of sp³-hybridized carbons (Fsp3) is 0.500. The maximum atomic E-state index is 5.44. The molecule has 0 spiro atoms. The molecule has 0 aliphatic heterocycles. The van der Waals surface area contributed by atoms with Crippen molar-refractivity contribution in [2.24, 2.45) is 0 Å². The molecule has 0 heterocycles. The molecule has 56 valence electrons. The zero-order valence-corrected chi connectivity index (χ0v) is 7.85. The van der Waals surface area contributed by atoms with Crippen LogP contribution >= 0.6 is 0 Å². The summed E-state index contributed by atoms with van der Waals surface area (Å²) < 4.78 is 5.44. The van der Waals surface area contributed by atoms with Crippen LogP contribution in [0.2, 0.25) is 13.1 Å². The highest BCUT2D eigenvalue weighted by molar-refractivity contribution is 6.79. The van der Waals surface area contributed by atoms with Gasteiger partial charge in [-0.3, -0.25) is 0 Å². The van der Waals surface area contributed by atoms with Gasteiger partial charge in [0.1, 0.15) is 0 Å². The van der Waals surface area contributed by atoms with E-state index in [4.69, 9.17) is 4.43 Å². The molecule has 1 nitrogen and oxygen atoms in total. The minimum Gasteiger partial charge on any atom is -0.416 e. The molecule has 0 saturated heterocycles. The van der Waals surface area contributed by atoms with Crippen molar-refractivity contribution < 1.29 is 4.43 Å². The molecule has 0 bridgehead atoms. The Bertz CT molecular complexity index is 180. The lowest BCUT2D eigenvalue weighted by atomic mass is 10.5. The Kier molecular flexibility index (Phi) is 2.11. The molecule has 0 atom stereocenters. The van der Waals surface area contributed by atoms with Gasteiger partial charge in [0.05, 0.1) is 0 Å². The lowest BCUT2D eigenvalue weighted by Crippen LogP contribution is -2.30. The van der Waals surface area contributed by atoms with Crippen LogP contribution in [0.15, 0.2) is 23.4 Å². The van der Waals surface area contributed by atoms with Gasteiger partial charge >= 0.3 is 0 Å². The largest absolute Gasteiger partial charge is 0.416 e. The lowest BCUT2D eigenvalue weighted by molar-refractivity contribution is 0.413. The van der Waals surface area contributed by atoms with Crippen LogP contribution in [0, 0.1) is 0 Å². The van der Waals surface area contributed by atoms with Crippen LogP contribution in [0.4, 0.5) is 0 Å². The summed E-state index contributed by atoms with van der Waals surface area (Å²) in [6.07, 6.45) is 7.73. The van der Waals surface area contributed by atoms with Gasteiger partial charge in [-0.15, -0.1) is 0 Å². The second-order valence-electron chi connectivity index (χ2n) is 3.01. The summed E-state index contributed by atoms with van der Waals surface area (Å²) in [7, 11) is 0.335. The van der Waals surface area contributed by atoms with E-state index in [1.165, 1.54) is 5.20 Å². The molecule has 10 heavy (non-hydrogen) atoms. The summed E-state index contributed by atoms with van der Waals surface area (Å²) >= 11 is 0. The van der Waals surface area contributed by atoms with E-state index in [1.54, 1.807) is 7.11 Å². The maximum absolute atomic E-state index is 5.44. The lowest BCUT2D eigenvalue weighted by Gasteiger charge is -2.19. The monoisotopic (exact) mass is 154 g/mol. The van der Waals surface area contributed by atoms with Crippen molar-refractivity contribution in [2.75, 3.05) is 7.11 Å². The molecule has 0 amide bonds. The summed E-state index contributed by atoms with van der Waals surface area (Å²) in [4.78, 5) is 0. The van der Waals surface area contributed by atoms with E-state index in [1.807, 2.05) is 0 Å². The molecule has 0 unspecified atom stereocenters. The van der Waals surface area contributed by atoms with Crippen molar-refractivity contribution in [3.05, 3.63) is 23.4 Å². The second kappa shape index (κ2) is 2.72. The standard InChI is InChI=1S/C8H14OSi/c1-9-10(2,3)8-6-4-5-7-8/h4,6-7H,5H2,1-3H3. The van der Waals surface area contributed by atoms with Crippen molar-refractivity contribution in [3.63, 3.8) is 0 Å². The molecule has 0 aromatic heterocycles. The molecule has 1 aliphatic rings. The molecule has 1 aliphatic carbocycles. The highest BCUT2D eigenvalue weighted by Gasteiger charge is 2.25. The molecule has 1 rings (SSSR count). The van der Waals surface area contributed by atoms with Gasteiger partial charge in [-0.25, -0.2) is 0 Å². The quantitative estimate of drug-likeness (QED) is 0.554. The normalized spacial score (nSPS) is 17.7. The van der Waals surface area contributed by atoms with Crippen molar-refractivity contribution in [1.29, 1.82) is 0 Å². The predicted octanol–water partition coefficient (Wildman–Crippen LogP) is 2.26. The fourth-order valence-corrected chi connectivity index (χ4v) is 2.39. The van der Waals surface area contributed by atoms with Gasteiger partial charge in [-0.05, 0) is 24.7 Å². The first-order valence-corrected chi connectivity index (χ1v) is 6.50. The summed E-state index contributed by atoms with van der Waals surface area (Å²) in [6.45, 7) is 4.43. The van der Waals surface area contributed by atoms with E-state index >= 15 is 0 Å². The zero-order valence-electron chi connectivity index (χ0n) is 6.85. The van der Waals surface area contributed by atoms with Crippen LogP contribution in [0.5, 0.6) is 0 Å². The molecule has 0 aromatic rings. The van der Waals surface area contributed by atoms with Crippen molar-refractivity contribution in [3.8, 4) is 0 Å². The predicted molar refractivity (Wildman–Crippen MR) is 46.3 cm³/mol. The van der Waals surface area contributed by atoms with E-state index in [9.17, 15) is 0 Å². The van der Waals surface area contributed by atoms with Crippen molar-refractivity contribution >= 4 is 8.32 Å². The molecular formula is C8H14OSi. The minimum atomic E-state index is -1.47. The number of allylic oxidation sites excluding steroid dienone is 4. The van der Waals surface area contributed by atoms with Gasteiger partial charge in [0.25, 0.3) is 0 Å². The third kappa shape index (κ3) is 1.38. The summed E-state index contributed by atoms with van der Waals surface area (Å²) in [6, 6.07) is 0. The smallest absolute Gasteiger partial charge is 0.217 e. The van der Waals surface area contributed by atoms with E-state index in [0.717, 1.165) is 6.42 Å². The minimum absolute atomic E-state index is 1.09. The number of hydrogen-bond donors (Lipinski definition) is 0. The molecule has 2 heteroatoms. The van der Waals surface area contributed by atoms with Crippen LogP contribution in [-0.2, 0) is 4.43 Å². The second-order valence-corrected chi connectivity index (χ2v) is 7.02. The van der Waals surface area contributed by atoms with Crippen LogP contribution < -0.4 is 0 Å². The van der Waals surface area contributed by atoms with Gasteiger partial charge in [-0.1, -0.05) is 18.2 Å². The Morgan fingerprint density at radius 3 is 2.60 bits per heavy atom. The molecule has 0 saturated carbocycles. The van der Waals surface area contributed by atoms with Crippen LogP contribution in [0.3, 0.4) is 0 Å². The Morgan fingerprint density at radius 1 is 1.50 bits per heavy atom. The highest BCUT2D eigenvalue weighted by Crippen LogP contribution is 2.21. The van der Waals surface area contributed by atoms with E-state index in [2.05, 4.69) is 31.3 Å². The van der Waals surface area contributed by atoms with Gasteiger partial charge in [0.2, 0.25) is 8.32 Å². The van der Waals surface area contributed by atoms with Crippen LogP contribution in [-0.4, -0.2) is 15.4 Å². The first kappa shape index (κ1) is 7.76. The fourth-order valence-electron chi connectivity index (χ4n) is 1.02. The Hall–Kier alpha value is -0.343. The number of rotatable bonds is 2. The summed E-state index contributed by atoms with van der Waals surface area (Å²) in [5.74, 6) is 0. The summed E-state index contributed by atoms with van der Waals surface area (Å²) in [5, 5.41) is 1.43. The molecular weight excluding hydrogens is 140 g/mol. The van der Waals surface area contributed by atoms with E-state index in [0.29, 0.717) is 0 Å². The molecule has 0 fully saturated rings. The zero-order chi connectivity index (χ0) is 7.61. The third-order valence-corrected chi connectivity index (χ3v) is 4.76. The SMILES string of the molecule is CO[Si](C)(C)C1=CCC=C1. The molecule has 0 N–H and O–H groups in total.